The third-order valence-electron chi connectivity index (χ3n) is 0.858. The van der Waals surface area contributed by atoms with E-state index in [1.165, 1.54) is 0 Å². The van der Waals surface area contributed by atoms with Gasteiger partial charge in [0.05, 0.1) is 0 Å². The van der Waals surface area contributed by atoms with E-state index >= 15 is 0 Å². The van der Waals surface area contributed by atoms with Gasteiger partial charge in [0.1, 0.15) is 0 Å². The first kappa shape index (κ1) is 9.56. The summed E-state index contributed by atoms with van der Waals surface area (Å²) in [5.41, 5.74) is 0. The maximum atomic E-state index is 12.1. The van der Waals surface area contributed by atoms with Crippen LogP contribution in [0.2, 0.25) is 0 Å². The highest BCUT2D eigenvalue weighted by molar-refractivity contribution is 7.09. The van der Waals surface area contributed by atoms with E-state index in [4.69, 9.17) is 0 Å². The van der Waals surface area contributed by atoms with Crippen LogP contribution in [0, 0.1) is 18.6 Å². The van der Waals surface area contributed by atoms with Crippen LogP contribution < -0.4 is 0 Å². The third kappa shape index (κ3) is 2.06. The molecule has 0 amide bonds. The topological polar surface area (TPSA) is 0 Å². The predicted octanol–water partition coefficient (Wildman–Crippen LogP) is 3.36. The van der Waals surface area contributed by atoms with Crippen molar-refractivity contribution < 1.29 is 8.78 Å². The molecule has 0 saturated heterocycles. The zero-order valence-corrected chi connectivity index (χ0v) is 7.06. The van der Waals surface area contributed by atoms with Gasteiger partial charge in [0, 0.05) is 10.3 Å². The molecule has 10 heavy (non-hydrogen) atoms. The lowest BCUT2D eigenvalue weighted by atomic mass is 10.5. The quantitative estimate of drug-likeness (QED) is 0.551. The largest absolute Gasteiger partial charge is 0.203 e. The van der Waals surface area contributed by atoms with Gasteiger partial charge in [-0.3, -0.25) is 0 Å². The van der Waals surface area contributed by atoms with E-state index in [0.717, 1.165) is 16.7 Å². The summed E-state index contributed by atoms with van der Waals surface area (Å²) in [6.45, 7) is 5.54. The van der Waals surface area contributed by atoms with Crippen LogP contribution >= 0.6 is 11.3 Å². The Morgan fingerprint density at radius 2 is 1.80 bits per heavy atom. The Morgan fingerprint density at radius 3 is 1.90 bits per heavy atom. The Hall–Kier alpha value is -0.440. The average molecular weight is 164 g/mol. The van der Waals surface area contributed by atoms with Crippen molar-refractivity contribution in [2.75, 3.05) is 0 Å². The number of aryl methyl sites for hydroxylation is 1. The number of hydrogen-bond donors (Lipinski definition) is 0. The van der Waals surface area contributed by atoms with E-state index in [-0.39, 0.29) is 0 Å². The molecule has 0 bridgehead atoms. The van der Waals surface area contributed by atoms with Crippen molar-refractivity contribution in [2.45, 2.75) is 20.8 Å². The van der Waals surface area contributed by atoms with E-state index in [9.17, 15) is 8.78 Å². The Bertz CT molecular complexity index is 174. The molecule has 3 heteroatoms. The van der Waals surface area contributed by atoms with Crippen molar-refractivity contribution in [3.8, 4) is 0 Å². The molecule has 0 saturated carbocycles. The van der Waals surface area contributed by atoms with Gasteiger partial charge in [-0.2, -0.15) is 0 Å². The van der Waals surface area contributed by atoms with Crippen molar-refractivity contribution in [1.29, 1.82) is 0 Å². The first-order valence-corrected chi connectivity index (χ1v) is 3.99. The fraction of sp³-hybridized carbons (Fsp3) is 0.429. The number of rotatable bonds is 0. The highest BCUT2D eigenvalue weighted by Crippen LogP contribution is 2.16. The van der Waals surface area contributed by atoms with Gasteiger partial charge < -0.3 is 0 Å². The van der Waals surface area contributed by atoms with E-state index in [1.54, 1.807) is 6.92 Å². The molecule has 0 aliphatic carbocycles. The molecule has 0 aromatic carbocycles. The van der Waals surface area contributed by atoms with Crippen molar-refractivity contribution in [1.82, 2.24) is 0 Å². The van der Waals surface area contributed by atoms with Crippen LogP contribution in [0.15, 0.2) is 5.38 Å². The van der Waals surface area contributed by atoms with Gasteiger partial charge in [0.2, 0.25) is 0 Å². The third-order valence-corrected chi connectivity index (χ3v) is 1.72. The van der Waals surface area contributed by atoms with E-state index in [0.29, 0.717) is 4.88 Å². The van der Waals surface area contributed by atoms with Gasteiger partial charge in [-0.15, -0.1) is 11.3 Å². The lowest BCUT2D eigenvalue weighted by Crippen LogP contribution is -1.73. The van der Waals surface area contributed by atoms with E-state index < -0.39 is 11.6 Å². The first-order chi connectivity index (χ1) is 4.72. The fourth-order valence-electron chi connectivity index (χ4n) is 0.412. The summed E-state index contributed by atoms with van der Waals surface area (Å²) in [5, 5.41) is 1.16. The Morgan fingerprint density at radius 1 is 1.30 bits per heavy atom. The van der Waals surface area contributed by atoms with Crippen molar-refractivity contribution in [3.63, 3.8) is 0 Å². The maximum Gasteiger partial charge on any atom is 0.172 e. The molecule has 1 aromatic heterocycles. The average Bonchev–Trinajstić information content (AvgIpc) is 2.25. The highest BCUT2D eigenvalue weighted by atomic mass is 32.1. The zero-order valence-electron chi connectivity index (χ0n) is 6.24. The van der Waals surface area contributed by atoms with Crippen LogP contribution in [-0.2, 0) is 0 Å². The standard InChI is InChI=1S/C5H4F2S.C2H6/c1-3-5(7)4(6)2-8-3;1-2/h2H,1H3;1-2H3. The SMILES string of the molecule is CC.Cc1scc(F)c1F. The Labute approximate surface area is 63.5 Å². The minimum absolute atomic E-state index is 0.405. The second-order valence-electron chi connectivity index (χ2n) is 1.45. The van der Waals surface area contributed by atoms with Crippen LogP contribution in [0.1, 0.15) is 18.7 Å². The van der Waals surface area contributed by atoms with E-state index in [2.05, 4.69) is 0 Å². The van der Waals surface area contributed by atoms with Crippen molar-refractivity contribution in [3.05, 3.63) is 21.9 Å². The molecule has 1 rings (SSSR count). The molecule has 58 valence electrons. The first-order valence-electron chi connectivity index (χ1n) is 3.11. The van der Waals surface area contributed by atoms with Gasteiger partial charge in [-0.1, -0.05) is 13.8 Å². The summed E-state index contributed by atoms with van der Waals surface area (Å²) < 4.78 is 24.1. The molecule has 0 unspecified atom stereocenters. The van der Waals surface area contributed by atoms with Crippen LogP contribution in [0.3, 0.4) is 0 Å². The summed E-state index contributed by atoms with van der Waals surface area (Å²) in [7, 11) is 0. The van der Waals surface area contributed by atoms with E-state index in [1.807, 2.05) is 13.8 Å². The molecule has 0 aliphatic heterocycles. The van der Waals surface area contributed by atoms with Crippen LogP contribution in [0.4, 0.5) is 8.78 Å². The van der Waals surface area contributed by atoms with Crippen LogP contribution in [0.25, 0.3) is 0 Å². The highest BCUT2D eigenvalue weighted by Gasteiger charge is 2.04. The molecule has 0 spiro atoms. The zero-order chi connectivity index (χ0) is 8.15. The molecule has 1 heterocycles. The summed E-state index contributed by atoms with van der Waals surface area (Å²) >= 11 is 1.08. The maximum absolute atomic E-state index is 12.1. The lowest BCUT2D eigenvalue weighted by molar-refractivity contribution is 0.512. The van der Waals surface area contributed by atoms with Gasteiger partial charge in [0.25, 0.3) is 0 Å². The summed E-state index contributed by atoms with van der Waals surface area (Å²) in [6.07, 6.45) is 0. The minimum Gasteiger partial charge on any atom is -0.203 e. The molecule has 0 nitrogen and oxygen atoms in total. The molecule has 0 fully saturated rings. The predicted molar refractivity (Wildman–Crippen MR) is 40.3 cm³/mol. The van der Waals surface area contributed by atoms with Gasteiger partial charge >= 0.3 is 0 Å². The number of halogens is 2. The Kier molecular flexibility index (Phi) is 4.19. The van der Waals surface area contributed by atoms with Crippen LogP contribution in [0.5, 0.6) is 0 Å². The van der Waals surface area contributed by atoms with Crippen molar-refractivity contribution >= 4 is 11.3 Å². The molecule has 1 aromatic rings. The number of thiophene rings is 1. The molecule has 0 aliphatic rings. The molecular weight excluding hydrogens is 154 g/mol. The molecule has 0 radical (unpaired) electrons. The number of hydrogen-bond acceptors (Lipinski definition) is 1. The Balaban J connectivity index is 0.000000371. The second kappa shape index (κ2) is 4.39. The fourth-order valence-corrected chi connectivity index (χ4v) is 0.996. The minimum atomic E-state index is -0.743. The monoisotopic (exact) mass is 164 g/mol. The molecule has 0 atom stereocenters. The van der Waals surface area contributed by atoms with Crippen LogP contribution in [-0.4, -0.2) is 0 Å². The molecule has 0 N–H and O–H groups in total. The summed E-state index contributed by atoms with van der Waals surface area (Å²) in [6, 6.07) is 0. The smallest absolute Gasteiger partial charge is 0.172 e. The normalized spacial score (nSPS) is 8.50. The summed E-state index contributed by atoms with van der Waals surface area (Å²) in [5.74, 6) is -1.46. The molecular formula is C7H10F2S. The van der Waals surface area contributed by atoms with Gasteiger partial charge in [-0.25, -0.2) is 8.78 Å². The summed E-state index contributed by atoms with van der Waals surface area (Å²) in [4.78, 5) is 0.405. The van der Waals surface area contributed by atoms with Gasteiger partial charge in [0.15, 0.2) is 11.6 Å². The lowest BCUT2D eigenvalue weighted by Gasteiger charge is -1.78. The van der Waals surface area contributed by atoms with Crippen molar-refractivity contribution in [2.24, 2.45) is 0 Å². The second-order valence-corrected chi connectivity index (χ2v) is 2.54. The van der Waals surface area contributed by atoms with Gasteiger partial charge in [-0.05, 0) is 6.92 Å².